The molecule has 0 aromatic heterocycles. The molecule has 0 saturated carbocycles. The maximum Gasteiger partial charge on any atom is 0.183 e. The van der Waals surface area contributed by atoms with Gasteiger partial charge in [-0.25, -0.2) is 0 Å². The number of carbonyl (C=O) groups is 1. The minimum absolute atomic E-state index is 0.0740. The zero-order valence-corrected chi connectivity index (χ0v) is 13.3. The maximum absolute atomic E-state index is 12.7. The summed E-state index contributed by atoms with van der Waals surface area (Å²) in [7, 11) is 1.63. The molecule has 1 unspecified atom stereocenters. The predicted octanol–water partition coefficient (Wildman–Crippen LogP) is 3.40. The topological polar surface area (TPSA) is 38.3 Å². The highest BCUT2D eigenvalue weighted by Crippen LogP contribution is 2.33. The molecule has 1 aliphatic rings. The first-order valence-corrected chi connectivity index (χ1v) is 7.46. The summed E-state index contributed by atoms with van der Waals surface area (Å²) < 4.78 is 6.42. The summed E-state index contributed by atoms with van der Waals surface area (Å²) in [6, 6.07) is 1.93. The molecule has 0 bridgehead atoms. The summed E-state index contributed by atoms with van der Waals surface area (Å²) >= 11 is 3.52. The monoisotopic (exact) mass is 325 g/mol. The molecule has 0 radical (unpaired) electrons. The molecule has 0 spiro atoms. The molecule has 3 nitrogen and oxygen atoms in total. The summed E-state index contributed by atoms with van der Waals surface area (Å²) in [4.78, 5) is 12.7. The van der Waals surface area contributed by atoms with Crippen LogP contribution in [-0.2, 0) is 0 Å². The normalized spacial score (nSPS) is 19.3. The van der Waals surface area contributed by atoms with Crippen LogP contribution in [0.5, 0.6) is 5.75 Å². The van der Waals surface area contributed by atoms with Crippen LogP contribution in [0.25, 0.3) is 0 Å². The average molecular weight is 326 g/mol. The molecule has 104 valence electrons. The zero-order valence-electron chi connectivity index (χ0n) is 11.7. The second-order valence-electron chi connectivity index (χ2n) is 5.08. The summed E-state index contributed by atoms with van der Waals surface area (Å²) in [6.45, 7) is 4.85. The number of halogens is 1. The van der Waals surface area contributed by atoms with Gasteiger partial charge in [0.2, 0.25) is 0 Å². The molecule has 1 aliphatic heterocycles. The molecular weight excluding hydrogens is 306 g/mol. The molecule has 1 aromatic rings. The third-order valence-corrected chi connectivity index (χ3v) is 4.56. The second kappa shape index (κ2) is 6.06. The highest BCUT2D eigenvalue weighted by Gasteiger charge is 2.27. The van der Waals surface area contributed by atoms with E-state index < -0.39 is 0 Å². The van der Waals surface area contributed by atoms with Crippen LogP contribution >= 0.6 is 15.9 Å². The highest BCUT2D eigenvalue weighted by atomic mass is 79.9. The van der Waals surface area contributed by atoms with Crippen molar-refractivity contribution in [1.29, 1.82) is 0 Å². The smallest absolute Gasteiger partial charge is 0.183 e. The Bertz CT molecular complexity index is 493. The number of carbonyl (C=O) groups excluding carboxylic acids is 1. The number of aryl methyl sites for hydroxylation is 1. The van der Waals surface area contributed by atoms with E-state index in [-0.39, 0.29) is 11.8 Å². The van der Waals surface area contributed by atoms with Crippen molar-refractivity contribution in [3.05, 3.63) is 27.2 Å². The van der Waals surface area contributed by atoms with E-state index in [9.17, 15) is 4.79 Å². The molecule has 2 rings (SSSR count). The Hall–Kier alpha value is -0.870. The Balaban J connectivity index is 2.44. The second-order valence-corrected chi connectivity index (χ2v) is 5.93. The van der Waals surface area contributed by atoms with Crippen LogP contribution in [0.2, 0.25) is 0 Å². The van der Waals surface area contributed by atoms with E-state index in [0.717, 1.165) is 41.4 Å². The van der Waals surface area contributed by atoms with Crippen molar-refractivity contribution >= 4 is 21.7 Å². The van der Waals surface area contributed by atoms with Crippen molar-refractivity contribution in [2.45, 2.75) is 39.2 Å². The van der Waals surface area contributed by atoms with Crippen LogP contribution in [0.4, 0.5) is 0 Å². The molecular formula is C15H20BrNO2. The molecule has 19 heavy (non-hydrogen) atoms. The van der Waals surface area contributed by atoms with Gasteiger partial charge in [0.1, 0.15) is 5.75 Å². The van der Waals surface area contributed by atoms with Gasteiger partial charge in [0.05, 0.1) is 18.7 Å². The number of hydrogen-bond donors (Lipinski definition) is 1. The molecule has 1 N–H and O–H groups in total. The molecule has 1 heterocycles. The number of benzene rings is 1. The van der Waals surface area contributed by atoms with Crippen molar-refractivity contribution < 1.29 is 9.53 Å². The standard InChI is InChI=1S/C15H20BrNO2/c1-9-8-11(16)10(2)13(15(9)19-3)14(18)12-6-4-5-7-17-12/h8,12,17H,4-7H2,1-3H3. The molecule has 1 aromatic carbocycles. The van der Waals surface area contributed by atoms with Crippen LogP contribution in [0.15, 0.2) is 10.5 Å². The van der Waals surface area contributed by atoms with Crippen molar-refractivity contribution in [3.63, 3.8) is 0 Å². The van der Waals surface area contributed by atoms with Gasteiger partial charge in [-0.15, -0.1) is 0 Å². The van der Waals surface area contributed by atoms with E-state index in [0.29, 0.717) is 11.3 Å². The largest absolute Gasteiger partial charge is 0.496 e. The Kier molecular flexibility index (Phi) is 4.63. The van der Waals surface area contributed by atoms with Gasteiger partial charge in [0.15, 0.2) is 5.78 Å². The van der Waals surface area contributed by atoms with E-state index in [1.807, 2.05) is 19.9 Å². The fourth-order valence-electron chi connectivity index (χ4n) is 2.66. The van der Waals surface area contributed by atoms with E-state index in [1.54, 1.807) is 7.11 Å². The lowest BCUT2D eigenvalue weighted by atomic mass is 9.92. The Morgan fingerprint density at radius 3 is 2.74 bits per heavy atom. The number of nitrogens with one attached hydrogen (secondary N) is 1. The fourth-order valence-corrected chi connectivity index (χ4v) is 3.20. The van der Waals surface area contributed by atoms with E-state index in [1.165, 1.54) is 0 Å². The number of rotatable bonds is 3. The van der Waals surface area contributed by atoms with Gasteiger partial charge in [-0.05, 0) is 50.4 Å². The first-order valence-electron chi connectivity index (χ1n) is 6.67. The van der Waals surface area contributed by atoms with Gasteiger partial charge in [-0.3, -0.25) is 4.79 Å². The highest BCUT2D eigenvalue weighted by molar-refractivity contribution is 9.10. The fraction of sp³-hybridized carbons (Fsp3) is 0.533. The number of piperidine rings is 1. The molecule has 4 heteroatoms. The summed E-state index contributed by atoms with van der Waals surface area (Å²) in [5.74, 6) is 0.858. The van der Waals surface area contributed by atoms with Gasteiger partial charge in [-0.1, -0.05) is 22.4 Å². The molecule has 0 amide bonds. The van der Waals surface area contributed by atoms with Crippen molar-refractivity contribution in [2.75, 3.05) is 13.7 Å². The lowest BCUT2D eigenvalue weighted by Gasteiger charge is -2.24. The van der Waals surface area contributed by atoms with Crippen molar-refractivity contribution in [3.8, 4) is 5.75 Å². The quantitative estimate of drug-likeness (QED) is 0.865. The number of ether oxygens (including phenoxy) is 1. The van der Waals surface area contributed by atoms with Crippen LogP contribution in [-0.4, -0.2) is 25.5 Å². The van der Waals surface area contributed by atoms with Crippen molar-refractivity contribution in [1.82, 2.24) is 5.32 Å². The predicted molar refractivity (Wildman–Crippen MR) is 80.1 cm³/mol. The lowest BCUT2D eigenvalue weighted by molar-refractivity contribution is 0.0923. The summed E-state index contributed by atoms with van der Waals surface area (Å²) in [6.07, 6.45) is 3.17. The number of hydrogen-bond acceptors (Lipinski definition) is 3. The Morgan fingerprint density at radius 1 is 1.42 bits per heavy atom. The van der Waals surface area contributed by atoms with E-state index in [2.05, 4.69) is 21.2 Å². The minimum atomic E-state index is -0.0740. The van der Waals surface area contributed by atoms with Crippen molar-refractivity contribution in [2.24, 2.45) is 0 Å². The molecule has 0 aliphatic carbocycles. The molecule has 1 atom stereocenters. The first kappa shape index (κ1) is 14.5. The third kappa shape index (κ3) is 2.84. The third-order valence-electron chi connectivity index (χ3n) is 3.74. The van der Waals surface area contributed by atoms with Gasteiger partial charge in [0.25, 0.3) is 0 Å². The molecule has 1 fully saturated rings. The first-order chi connectivity index (χ1) is 9.06. The van der Waals surface area contributed by atoms with Gasteiger partial charge >= 0.3 is 0 Å². The Morgan fingerprint density at radius 2 is 2.16 bits per heavy atom. The average Bonchev–Trinajstić information content (AvgIpc) is 2.42. The van der Waals surface area contributed by atoms with Crippen LogP contribution in [0.1, 0.15) is 40.7 Å². The number of methoxy groups -OCH3 is 1. The van der Waals surface area contributed by atoms with Gasteiger partial charge in [0, 0.05) is 4.47 Å². The van der Waals surface area contributed by atoms with E-state index in [4.69, 9.17) is 4.74 Å². The Labute approximate surface area is 122 Å². The molecule has 1 saturated heterocycles. The van der Waals surface area contributed by atoms with Gasteiger partial charge in [-0.2, -0.15) is 0 Å². The lowest BCUT2D eigenvalue weighted by Crippen LogP contribution is -2.40. The SMILES string of the molecule is COc1c(C)cc(Br)c(C)c1C(=O)C1CCCCN1. The van der Waals surface area contributed by atoms with Crippen LogP contribution < -0.4 is 10.1 Å². The number of ketones is 1. The maximum atomic E-state index is 12.7. The summed E-state index contributed by atoms with van der Waals surface area (Å²) in [5, 5.41) is 3.31. The van der Waals surface area contributed by atoms with Gasteiger partial charge < -0.3 is 10.1 Å². The van der Waals surface area contributed by atoms with E-state index >= 15 is 0 Å². The zero-order chi connectivity index (χ0) is 14.0. The van der Waals surface area contributed by atoms with Crippen LogP contribution in [0, 0.1) is 13.8 Å². The number of Topliss-reactive ketones (excluding diaryl/α,β-unsaturated/α-hetero) is 1. The van der Waals surface area contributed by atoms with Crippen LogP contribution in [0.3, 0.4) is 0 Å². The summed E-state index contributed by atoms with van der Waals surface area (Å²) in [5.41, 5.74) is 2.66. The minimum Gasteiger partial charge on any atom is -0.496 e.